The van der Waals surface area contributed by atoms with Gasteiger partial charge < -0.3 is 15.2 Å². The fourth-order valence-corrected chi connectivity index (χ4v) is 2.27. The molecule has 1 atom stereocenters. The number of carbonyl (C=O) groups is 1. The minimum absolute atomic E-state index is 0.0465. The van der Waals surface area contributed by atoms with Gasteiger partial charge in [0.05, 0.1) is 12.2 Å². The van der Waals surface area contributed by atoms with Gasteiger partial charge >= 0.3 is 12.1 Å². The maximum Gasteiger partial charge on any atom is 0.416 e. The first kappa shape index (κ1) is 20.6. The van der Waals surface area contributed by atoms with Crippen molar-refractivity contribution >= 4 is 5.97 Å². The van der Waals surface area contributed by atoms with Crippen molar-refractivity contribution in [3.8, 4) is 11.5 Å². The zero-order valence-electron chi connectivity index (χ0n) is 14.1. The Bertz CT molecular complexity index is 800. The van der Waals surface area contributed by atoms with E-state index in [2.05, 4.69) is 0 Å². The lowest BCUT2D eigenvalue weighted by Crippen LogP contribution is -2.34. The van der Waals surface area contributed by atoms with Crippen LogP contribution in [0.2, 0.25) is 0 Å². The quantitative estimate of drug-likeness (QED) is 0.594. The first-order valence-corrected chi connectivity index (χ1v) is 7.87. The number of alkyl halides is 3. The van der Waals surface area contributed by atoms with E-state index in [-0.39, 0.29) is 30.9 Å². The Morgan fingerprint density at radius 2 is 1.74 bits per heavy atom. The van der Waals surface area contributed by atoms with Crippen molar-refractivity contribution < 1.29 is 36.2 Å². The van der Waals surface area contributed by atoms with E-state index in [9.17, 15) is 26.7 Å². The van der Waals surface area contributed by atoms with Crippen LogP contribution in [0.4, 0.5) is 22.0 Å². The van der Waals surface area contributed by atoms with E-state index in [0.717, 1.165) is 0 Å². The van der Waals surface area contributed by atoms with Crippen LogP contribution in [0.3, 0.4) is 0 Å². The fraction of sp³-hybridized carbons (Fsp3) is 0.278. The van der Waals surface area contributed by atoms with Gasteiger partial charge in [0.2, 0.25) is 0 Å². The molecule has 1 unspecified atom stereocenters. The topological polar surface area (TPSA) is 61.5 Å². The van der Waals surface area contributed by atoms with Gasteiger partial charge in [-0.2, -0.15) is 13.2 Å². The summed E-state index contributed by atoms with van der Waals surface area (Å²) in [5.74, 6) is -4.72. The monoisotopic (exact) mass is 389 g/mol. The van der Waals surface area contributed by atoms with E-state index >= 15 is 0 Å². The van der Waals surface area contributed by atoms with E-state index in [1.807, 2.05) is 0 Å². The molecule has 0 fully saturated rings. The van der Waals surface area contributed by atoms with E-state index in [4.69, 9.17) is 15.2 Å². The highest BCUT2D eigenvalue weighted by molar-refractivity contribution is 5.76. The molecule has 0 saturated carbocycles. The molecule has 4 nitrogen and oxygen atoms in total. The van der Waals surface area contributed by atoms with Crippen molar-refractivity contribution in [2.75, 3.05) is 6.61 Å². The van der Waals surface area contributed by atoms with E-state index in [0.29, 0.717) is 5.56 Å². The molecule has 2 aromatic rings. The van der Waals surface area contributed by atoms with Crippen LogP contribution in [0.5, 0.6) is 11.5 Å². The summed E-state index contributed by atoms with van der Waals surface area (Å²) >= 11 is 0. The van der Waals surface area contributed by atoms with Crippen LogP contribution in [-0.4, -0.2) is 18.6 Å². The Morgan fingerprint density at radius 3 is 2.30 bits per heavy atom. The zero-order chi connectivity index (χ0) is 20.2. The van der Waals surface area contributed by atoms with E-state index in [1.54, 1.807) is 13.0 Å². The first-order chi connectivity index (χ1) is 12.6. The summed E-state index contributed by atoms with van der Waals surface area (Å²) in [7, 11) is 0. The number of ether oxygens (including phenoxy) is 2. The van der Waals surface area contributed by atoms with Crippen LogP contribution >= 0.6 is 0 Å². The average molecular weight is 389 g/mol. The molecule has 2 N–H and O–H groups in total. The Balaban J connectivity index is 2.30. The minimum atomic E-state index is -4.90. The number of carbonyl (C=O) groups excluding carboxylic acids is 1. The van der Waals surface area contributed by atoms with Gasteiger partial charge in [-0.15, -0.1) is 0 Å². The number of esters is 1. The highest BCUT2D eigenvalue weighted by Gasteiger charge is 2.33. The lowest BCUT2D eigenvalue weighted by Gasteiger charge is -2.16. The molecular weight excluding hydrogens is 373 g/mol. The Morgan fingerprint density at radius 1 is 1.15 bits per heavy atom. The summed E-state index contributed by atoms with van der Waals surface area (Å²) in [5, 5.41) is 0. The molecule has 146 valence electrons. The van der Waals surface area contributed by atoms with Gasteiger partial charge in [0.15, 0.2) is 17.4 Å². The van der Waals surface area contributed by atoms with Crippen LogP contribution in [-0.2, 0) is 22.1 Å². The fourth-order valence-electron chi connectivity index (χ4n) is 2.27. The molecule has 2 aromatic carbocycles. The summed E-state index contributed by atoms with van der Waals surface area (Å²) in [4.78, 5) is 11.6. The molecule has 0 aliphatic heterocycles. The number of benzene rings is 2. The van der Waals surface area contributed by atoms with Gasteiger partial charge in [0, 0.05) is 6.42 Å². The standard InChI is InChI=1S/C18H16F5NO3/c1-2-26-17(25)14(24)7-10-5-3-4-6-15(10)27-16-12(19)8-11(9-13(16)20)18(21,22)23/h3-6,8-9,14H,2,7,24H2,1H3. The third-order valence-electron chi connectivity index (χ3n) is 3.54. The van der Waals surface area contributed by atoms with Crippen LogP contribution in [0.15, 0.2) is 36.4 Å². The molecule has 0 aliphatic rings. The molecule has 0 aliphatic carbocycles. The van der Waals surface area contributed by atoms with Crippen molar-refractivity contribution in [3.63, 3.8) is 0 Å². The summed E-state index contributed by atoms with van der Waals surface area (Å²) < 4.78 is 75.8. The molecule has 0 amide bonds. The minimum Gasteiger partial charge on any atom is -0.465 e. The maximum absolute atomic E-state index is 14.0. The lowest BCUT2D eigenvalue weighted by molar-refractivity contribution is -0.144. The summed E-state index contributed by atoms with van der Waals surface area (Å²) in [6, 6.07) is 5.18. The second kappa shape index (κ2) is 8.34. The molecule has 0 heterocycles. The number of hydrogen-bond donors (Lipinski definition) is 1. The van der Waals surface area contributed by atoms with Crippen molar-refractivity contribution in [2.24, 2.45) is 5.73 Å². The predicted molar refractivity (Wildman–Crippen MR) is 86.2 cm³/mol. The number of nitrogens with two attached hydrogens (primary N) is 1. The SMILES string of the molecule is CCOC(=O)C(N)Cc1ccccc1Oc1c(F)cc(C(F)(F)F)cc1F. The Kier molecular flexibility index (Phi) is 6.37. The smallest absolute Gasteiger partial charge is 0.416 e. The van der Waals surface area contributed by atoms with Gasteiger partial charge in [-0.1, -0.05) is 18.2 Å². The highest BCUT2D eigenvalue weighted by atomic mass is 19.4. The lowest BCUT2D eigenvalue weighted by atomic mass is 10.1. The van der Waals surface area contributed by atoms with Gasteiger partial charge in [-0.05, 0) is 30.7 Å². The molecule has 0 bridgehead atoms. The first-order valence-electron chi connectivity index (χ1n) is 7.87. The van der Waals surface area contributed by atoms with E-state index in [1.165, 1.54) is 18.2 Å². The van der Waals surface area contributed by atoms with Crippen molar-refractivity contribution in [1.82, 2.24) is 0 Å². The second-order valence-corrected chi connectivity index (χ2v) is 5.54. The molecular formula is C18H16F5NO3. The molecule has 0 saturated heterocycles. The maximum atomic E-state index is 14.0. The van der Waals surface area contributed by atoms with Crippen LogP contribution in [0, 0.1) is 11.6 Å². The van der Waals surface area contributed by atoms with E-state index < -0.39 is 41.1 Å². The number of para-hydroxylation sites is 1. The van der Waals surface area contributed by atoms with Gasteiger partial charge in [0.1, 0.15) is 11.8 Å². The average Bonchev–Trinajstić information content (AvgIpc) is 2.58. The summed E-state index contributed by atoms with van der Waals surface area (Å²) in [6.07, 6.45) is -4.95. The summed E-state index contributed by atoms with van der Waals surface area (Å²) in [6.45, 7) is 1.74. The molecule has 9 heteroatoms. The third kappa shape index (κ3) is 5.16. The number of halogens is 5. The van der Waals surface area contributed by atoms with Crippen LogP contribution in [0.25, 0.3) is 0 Å². The Hall–Kier alpha value is -2.68. The van der Waals surface area contributed by atoms with Crippen LogP contribution < -0.4 is 10.5 Å². The second-order valence-electron chi connectivity index (χ2n) is 5.54. The molecule has 0 spiro atoms. The predicted octanol–water partition coefficient (Wildman–Crippen LogP) is 4.21. The molecule has 0 aromatic heterocycles. The normalized spacial score (nSPS) is 12.6. The largest absolute Gasteiger partial charge is 0.465 e. The molecule has 2 rings (SSSR count). The Labute approximate surface area is 151 Å². The third-order valence-corrected chi connectivity index (χ3v) is 3.54. The molecule has 0 radical (unpaired) electrons. The summed E-state index contributed by atoms with van der Waals surface area (Å²) in [5.41, 5.74) is 4.58. The van der Waals surface area contributed by atoms with Crippen molar-refractivity contribution in [2.45, 2.75) is 25.6 Å². The van der Waals surface area contributed by atoms with Crippen molar-refractivity contribution in [1.29, 1.82) is 0 Å². The van der Waals surface area contributed by atoms with Gasteiger partial charge in [-0.3, -0.25) is 4.79 Å². The zero-order valence-corrected chi connectivity index (χ0v) is 14.1. The van der Waals surface area contributed by atoms with Crippen LogP contribution in [0.1, 0.15) is 18.1 Å². The number of rotatable bonds is 6. The van der Waals surface area contributed by atoms with Gasteiger partial charge in [0.25, 0.3) is 0 Å². The molecule has 27 heavy (non-hydrogen) atoms. The highest BCUT2D eigenvalue weighted by Crippen LogP contribution is 2.36. The van der Waals surface area contributed by atoms with Gasteiger partial charge in [-0.25, -0.2) is 8.78 Å². The number of hydrogen-bond acceptors (Lipinski definition) is 4. The van der Waals surface area contributed by atoms with Crippen molar-refractivity contribution in [3.05, 3.63) is 59.2 Å².